The van der Waals surface area contributed by atoms with Gasteiger partial charge in [0.05, 0.1) is 26.7 Å². The van der Waals surface area contributed by atoms with Crippen molar-refractivity contribution in [3.8, 4) is 0 Å². The Hall–Kier alpha value is -1.65. The van der Waals surface area contributed by atoms with Crippen molar-refractivity contribution in [3.63, 3.8) is 0 Å². The molecule has 4 nitrogen and oxygen atoms in total. The molecule has 0 spiro atoms. The highest BCUT2D eigenvalue weighted by Crippen LogP contribution is 2.09. The summed E-state index contributed by atoms with van der Waals surface area (Å²) >= 11 is 0. The number of quaternary nitrogens is 1. The Kier molecular flexibility index (Phi) is 7.04. The van der Waals surface area contributed by atoms with Crippen LogP contribution >= 0.6 is 0 Å². The predicted octanol–water partition coefficient (Wildman–Crippen LogP) is 1.78. The first-order valence-corrected chi connectivity index (χ1v) is 6.22. The second-order valence-corrected chi connectivity index (χ2v) is 5.38. The molecule has 0 aromatic heterocycles. The van der Waals surface area contributed by atoms with E-state index in [9.17, 15) is 4.79 Å². The Labute approximate surface area is 115 Å². The summed E-state index contributed by atoms with van der Waals surface area (Å²) in [6.45, 7) is 7.32. The molecule has 0 radical (unpaired) electrons. The monoisotopic (exact) mass is 264 g/mol. The van der Waals surface area contributed by atoms with Crippen molar-refractivity contribution in [3.05, 3.63) is 48.6 Å². The second kappa shape index (κ2) is 7.71. The Morgan fingerprint density at radius 3 is 2.47 bits per heavy atom. The lowest BCUT2D eigenvalue weighted by Gasteiger charge is -2.32. The van der Waals surface area contributed by atoms with Crippen molar-refractivity contribution >= 4 is 5.91 Å². The van der Waals surface area contributed by atoms with Crippen molar-refractivity contribution in [1.29, 1.82) is 0 Å². The molecule has 0 aliphatic rings. The average molecular weight is 264 g/mol. The van der Waals surface area contributed by atoms with E-state index < -0.39 is 0 Å². The summed E-state index contributed by atoms with van der Waals surface area (Å²) in [6.07, 6.45) is 1.31. The van der Waals surface area contributed by atoms with Gasteiger partial charge in [-0.05, 0) is 13.0 Å². The predicted molar refractivity (Wildman–Crippen MR) is 76.9 cm³/mol. The van der Waals surface area contributed by atoms with Crippen LogP contribution in [0.15, 0.2) is 43.0 Å². The zero-order chi connectivity index (χ0) is 13.6. The molecule has 0 bridgehead atoms. The number of carbonyl (C=O) groups is 1. The summed E-state index contributed by atoms with van der Waals surface area (Å²) in [7, 11) is 4.34. The van der Waals surface area contributed by atoms with Crippen LogP contribution in [0.5, 0.6) is 0 Å². The molecular formula is C15H24N2O2. The largest absolute Gasteiger partial charge is 0.870 e. The fourth-order valence-electron chi connectivity index (χ4n) is 2.23. The zero-order valence-corrected chi connectivity index (χ0v) is 12.0. The molecule has 0 saturated carbocycles. The highest BCUT2D eigenvalue weighted by atomic mass is 16.1. The van der Waals surface area contributed by atoms with E-state index in [-0.39, 0.29) is 17.4 Å². The lowest BCUT2D eigenvalue weighted by Crippen LogP contribution is -2.49. The van der Waals surface area contributed by atoms with Crippen LogP contribution in [-0.2, 0) is 11.3 Å². The van der Waals surface area contributed by atoms with E-state index in [0.29, 0.717) is 0 Å². The molecule has 106 valence electrons. The highest BCUT2D eigenvalue weighted by molar-refractivity contribution is 5.87. The van der Waals surface area contributed by atoms with Crippen LogP contribution in [0.4, 0.5) is 0 Å². The van der Waals surface area contributed by atoms with Crippen LogP contribution in [-0.4, -0.2) is 42.5 Å². The number of likely N-dealkylation sites (N-methyl/N-ethyl adjacent to an activating group) is 1. The van der Waals surface area contributed by atoms with Crippen LogP contribution in [0.3, 0.4) is 0 Å². The fraction of sp³-hybridized carbons (Fsp3) is 0.400. The van der Waals surface area contributed by atoms with Gasteiger partial charge in [-0.3, -0.25) is 4.79 Å². The summed E-state index contributed by atoms with van der Waals surface area (Å²) in [5.74, 6) is -0.109. The minimum Gasteiger partial charge on any atom is -0.870 e. The second-order valence-electron chi connectivity index (χ2n) is 5.38. The first kappa shape index (κ1) is 17.4. The lowest BCUT2D eigenvalue weighted by atomic mass is 10.2. The van der Waals surface area contributed by atoms with Gasteiger partial charge < -0.3 is 15.3 Å². The number of nitrogens with one attached hydrogen (secondary N) is 1. The van der Waals surface area contributed by atoms with Crippen LogP contribution in [0, 0.1) is 0 Å². The Bertz CT molecular complexity index is 402. The smallest absolute Gasteiger partial charge is 0.243 e. The molecule has 1 aromatic rings. The molecule has 0 aliphatic carbocycles. The molecule has 19 heavy (non-hydrogen) atoms. The van der Waals surface area contributed by atoms with Gasteiger partial charge in [0.2, 0.25) is 5.91 Å². The Balaban J connectivity index is 0.00000324. The van der Waals surface area contributed by atoms with E-state index in [1.54, 1.807) is 0 Å². The number of hydrogen-bond donors (Lipinski definition) is 1. The number of nitrogens with zero attached hydrogens (tertiary/aromatic N) is 1. The minimum atomic E-state index is -0.109. The first-order valence-electron chi connectivity index (χ1n) is 6.22. The lowest BCUT2D eigenvalue weighted by molar-refractivity contribution is -0.904. The highest BCUT2D eigenvalue weighted by Gasteiger charge is 2.20. The van der Waals surface area contributed by atoms with Crippen LogP contribution in [0.1, 0.15) is 12.5 Å². The van der Waals surface area contributed by atoms with Crippen molar-refractivity contribution in [2.24, 2.45) is 0 Å². The molecule has 1 rings (SSSR count). The number of hydrogen-bond acceptors (Lipinski definition) is 2. The maximum Gasteiger partial charge on any atom is 0.243 e. The van der Waals surface area contributed by atoms with Gasteiger partial charge in [0.1, 0.15) is 6.54 Å². The van der Waals surface area contributed by atoms with E-state index in [1.165, 1.54) is 11.6 Å². The Morgan fingerprint density at radius 1 is 1.37 bits per heavy atom. The molecule has 1 atom stereocenters. The normalized spacial score (nSPS) is 12.2. The molecule has 1 amide bonds. The summed E-state index contributed by atoms with van der Waals surface area (Å²) in [6, 6.07) is 10.5. The first-order chi connectivity index (χ1) is 8.43. The fourth-order valence-corrected chi connectivity index (χ4v) is 2.23. The maximum atomic E-state index is 11.2. The van der Waals surface area contributed by atoms with E-state index in [4.69, 9.17) is 0 Å². The van der Waals surface area contributed by atoms with Crippen LogP contribution < -0.4 is 5.32 Å². The molecule has 1 unspecified atom stereocenters. The van der Waals surface area contributed by atoms with E-state index in [2.05, 4.69) is 50.3 Å². The quantitative estimate of drug-likeness (QED) is 0.629. The standard InChI is InChI=1S/C15H22N2O.H2O/c1-5-15(18)16-13(2)11-17(3,4)12-14-9-7-6-8-10-14;/h5-10,13H,1,11-12H2,2-4H3;1H2. The zero-order valence-electron chi connectivity index (χ0n) is 12.0. The topological polar surface area (TPSA) is 59.1 Å². The third-order valence-electron chi connectivity index (χ3n) is 2.80. The number of carbonyl (C=O) groups excluding carboxylic acids is 1. The Morgan fingerprint density at radius 2 is 1.95 bits per heavy atom. The van der Waals surface area contributed by atoms with Gasteiger partial charge in [-0.25, -0.2) is 0 Å². The molecule has 2 N–H and O–H groups in total. The number of rotatable bonds is 6. The van der Waals surface area contributed by atoms with Gasteiger partial charge in [0, 0.05) is 5.56 Å². The van der Waals surface area contributed by atoms with E-state index in [0.717, 1.165) is 17.6 Å². The van der Waals surface area contributed by atoms with Crippen molar-refractivity contribution < 1.29 is 14.8 Å². The van der Waals surface area contributed by atoms with Gasteiger partial charge in [0.25, 0.3) is 0 Å². The van der Waals surface area contributed by atoms with Crippen molar-refractivity contribution in [1.82, 2.24) is 5.32 Å². The summed E-state index contributed by atoms with van der Waals surface area (Å²) in [5, 5.41) is 2.90. The minimum absolute atomic E-state index is 0. The average Bonchev–Trinajstić information content (AvgIpc) is 2.28. The number of benzene rings is 1. The van der Waals surface area contributed by atoms with Crippen LogP contribution in [0.2, 0.25) is 0 Å². The molecule has 4 heteroatoms. The maximum absolute atomic E-state index is 11.2. The summed E-state index contributed by atoms with van der Waals surface area (Å²) in [4.78, 5) is 11.2. The summed E-state index contributed by atoms with van der Waals surface area (Å²) < 4.78 is 0.836. The van der Waals surface area contributed by atoms with Crippen LogP contribution in [0.25, 0.3) is 0 Å². The van der Waals surface area contributed by atoms with Gasteiger partial charge in [-0.1, -0.05) is 36.9 Å². The molecule has 0 fully saturated rings. The third kappa shape index (κ3) is 6.74. The summed E-state index contributed by atoms with van der Waals surface area (Å²) in [5.41, 5.74) is 1.31. The molecular weight excluding hydrogens is 240 g/mol. The van der Waals surface area contributed by atoms with E-state index >= 15 is 0 Å². The van der Waals surface area contributed by atoms with Crippen molar-refractivity contribution in [2.45, 2.75) is 19.5 Å². The molecule has 0 saturated heterocycles. The molecule has 0 heterocycles. The third-order valence-corrected chi connectivity index (χ3v) is 2.80. The number of amides is 1. The molecule has 1 aromatic carbocycles. The van der Waals surface area contributed by atoms with Gasteiger partial charge in [0.15, 0.2) is 0 Å². The SMILES string of the molecule is C=CC(=O)NC(C)C[N+](C)(C)Cc1ccccc1.[OH-]. The van der Waals surface area contributed by atoms with Gasteiger partial charge in [-0.15, -0.1) is 0 Å². The van der Waals surface area contributed by atoms with Gasteiger partial charge >= 0.3 is 0 Å². The van der Waals surface area contributed by atoms with E-state index in [1.807, 2.05) is 13.0 Å². The molecule has 0 aliphatic heterocycles. The van der Waals surface area contributed by atoms with Crippen molar-refractivity contribution in [2.75, 3.05) is 20.6 Å². The van der Waals surface area contributed by atoms with Gasteiger partial charge in [-0.2, -0.15) is 0 Å².